The van der Waals surface area contributed by atoms with Crippen LogP contribution in [0, 0.1) is 6.92 Å². The van der Waals surface area contributed by atoms with E-state index in [9.17, 15) is 0 Å². The van der Waals surface area contributed by atoms with Gasteiger partial charge in [-0.1, -0.05) is 17.7 Å². The van der Waals surface area contributed by atoms with Gasteiger partial charge >= 0.3 is 0 Å². The number of H-pyrrole nitrogens is 1. The molecule has 0 spiro atoms. The minimum atomic E-state index is 0.468. The Bertz CT molecular complexity index is 551. The summed E-state index contributed by atoms with van der Waals surface area (Å²) in [6.07, 6.45) is 1.71. The summed E-state index contributed by atoms with van der Waals surface area (Å²) in [6, 6.07) is 5.81. The van der Waals surface area contributed by atoms with Crippen LogP contribution in [0.5, 0.6) is 5.75 Å². The molecule has 0 radical (unpaired) electrons. The van der Waals surface area contributed by atoms with Crippen LogP contribution in [0.1, 0.15) is 17.0 Å². The van der Waals surface area contributed by atoms with Crippen LogP contribution in [0.15, 0.2) is 18.2 Å². The van der Waals surface area contributed by atoms with Gasteiger partial charge in [-0.25, -0.2) is 4.98 Å². The number of nitrogen functional groups attached to an aromatic ring is 1. The fourth-order valence-electron chi connectivity index (χ4n) is 1.89. The molecule has 1 heterocycles. The number of nitrogens with two attached hydrogens (primary N) is 1. The van der Waals surface area contributed by atoms with E-state index < -0.39 is 0 Å². The van der Waals surface area contributed by atoms with Crippen molar-refractivity contribution in [1.29, 1.82) is 0 Å². The molecule has 4 nitrogen and oxygen atoms in total. The number of aromatic amines is 1. The van der Waals surface area contributed by atoms with Gasteiger partial charge in [0.2, 0.25) is 0 Å². The molecule has 0 fully saturated rings. The Labute approximate surface area is 111 Å². The van der Waals surface area contributed by atoms with Crippen LogP contribution < -0.4 is 10.5 Å². The largest absolute Gasteiger partial charge is 0.495 e. The molecule has 0 bridgehead atoms. The zero-order valence-corrected chi connectivity index (χ0v) is 11.2. The van der Waals surface area contributed by atoms with Gasteiger partial charge in [-0.2, -0.15) is 0 Å². The fourth-order valence-corrected chi connectivity index (χ4v) is 2.17. The second-order valence-electron chi connectivity index (χ2n) is 4.16. The second-order valence-corrected chi connectivity index (χ2v) is 4.57. The number of halogens is 1. The maximum absolute atomic E-state index is 6.08. The minimum absolute atomic E-state index is 0.468. The highest BCUT2D eigenvalue weighted by atomic mass is 35.5. The normalized spacial score (nSPS) is 10.6. The lowest BCUT2D eigenvalue weighted by atomic mass is 10.1. The molecular formula is C13H16ClN3O. The predicted octanol–water partition coefficient (Wildman–Crippen LogP) is 2.75. The molecule has 0 aliphatic heterocycles. The third-order valence-electron chi connectivity index (χ3n) is 2.87. The highest BCUT2D eigenvalue weighted by Gasteiger charge is 2.06. The van der Waals surface area contributed by atoms with Crippen LogP contribution >= 0.6 is 11.6 Å². The number of imidazole rings is 1. The lowest BCUT2D eigenvalue weighted by Crippen LogP contribution is -1.95. The quantitative estimate of drug-likeness (QED) is 0.893. The molecule has 96 valence electrons. The van der Waals surface area contributed by atoms with Crippen molar-refractivity contribution < 1.29 is 4.74 Å². The molecule has 18 heavy (non-hydrogen) atoms. The maximum Gasteiger partial charge on any atom is 0.197 e. The molecule has 0 saturated heterocycles. The van der Waals surface area contributed by atoms with Gasteiger partial charge in [0, 0.05) is 5.69 Å². The van der Waals surface area contributed by atoms with E-state index in [1.165, 1.54) is 0 Å². The summed E-state index contributed by atoms with van der Waals surface area (Å²) in [7, 11) is 1.61. The third-order valence-corrected chi connectivity index (χ3v) is 3.17. The van der Waals surface area contributed by atoms with Crippen molar-refractivity contribution >= 4 is 17.5 Å². The predicted molar refractivity (Wildman–Crippen MR) is 73.1 cm³/mol. The van der Waals surface area contributed by atoms with Crippen molar-refractivity contribution in [3.63, 3.8) is 0 Å². The molecule has 0 atom stereocenters. The van der Waals surface area contributed by atoms with Crippen LogP contribution in [0.2, 0.25) is 5.02 Å². The molecule has 1 aromatic heterocycles. The van der Waals surface area contributed by atoms with Gasteiger partial charge in [-0.3, -0.25) is 0 Å². The van der Waals surface area contributed by atoms with Crippen LogP contribution in [0.25, 0.3) is 0 Å². The number of anilines is 1. The summed E-state index contributed by atoms with van der Waals surface area (Å²) in [6.45, 7) is 1.97. The van der Waals surface area contributed by atoms with E-state index in [-0.39, 0.29) is 0 Å². The van der Waals surface area contributed by atoms with Crippen molar-refractivity contribution in [1.82, 2.24) is 9.97 Å². The lowest BCUT2D eigenvalue weighted by molar-refractivity contribution is 0.415. The zero-order valence-electron chi connectivity index (χ0n) is 10.5. The number of aromatic nitrogens is 2. The molecule has 3 N–H and O–H groups in total. The van der Waals surface area contributed by atoms with Gasteiger partial charge in [-0.15, -0.1) is 0 Å². The van der Waals surface area contributed by atoms with Gasteiger partial charge in [0.05, 0.1) is 17.8 Å². The topological polar surface area (TPSA) is 63.9 Å². The molecule has 5 heteroatoms. The van der Waals surface area contributed by atoms with Gasteiger partial charge < -0.3 is 15.5 Å². The SMILES string of the molecule is COc1ccc(CCc2nc(N)[nH]c2C)cc1Cl. The summed E-state index contributed by atoms with van der Waals surface area (Å²) in [5.41, 5.74) is 8.78. The van der Waals surface area contributed by atoms with E-state index in [0.29, 0.717) is 16.7 Å². The summed E-state index contributed by atoms with van der Waals surface area (Å²) in [4.78, 5) is 7.24. The summed E-state index contributed by atoms with van der Waals surface area (Å²) < 4.78 is 5.12. The average molecular weight is 266 g/mol. The molecule has 0 unspecified atom stereocenters. The Hall–Kier alpha value is -1.68. The highest BCUT2D eigenvalue weighted by Crippen LogP contribution is 2.25. The van der Waals surface area contributed by atoms with E-state index in [1.807, 2.05) is 25.1 Å². The molecule has 2 aromatic rings. The Kier molecular flexibility index (Phi) is 3.77. The summed E-state index contributed by atoms with van der Waals surface area (Å²) >= 11 is 6.08. The molecule has 2 rings (SSSR count). The van der Waals surface area contributed by atoms with Crippen LogP contribution in [0.4, 0.5) is 5.95 Å². The maximum atomic E-state index is 6.08. The van der Waals surface area contributed by atoms with Gasteiger partial charge in [0.25, 0.3) is 0 Å². The number of benzene rings is 1. The van der Waals surface area contributed by atoms with E-state index in [2.05, 4.69) is 9.97 Å². The number of hydrogen-bond acceptors (Lipinski definition) is 3. The number of rotatable bonds is 4. The molecule has 0 amide bonds. The van der Waals surface area contributed by atoms with Gasteiger partial charge in [-0.05, 0) is 37.5 Å². The first-order valence-corrected chi connectivity index (χ1v) is 6.11. The van der Waals surface area contributed by atoms with E-state index >= 15 is 0 Å². The molecule has 0 saturated carbocycles. The molecule has 0 aliphatic carbocycles. The van der Waals surface area contributed by atoms with Crippen molar-refractivity contribution in [3.8, 4) is 5.75 Å². The summed E-state index contributed by atoms with van der Waals surface area (Å²) in [5.74, 6) is 1.16. The Morgan fingerprint density at radius 1 is 1.39 bits per heavy atom. The van der Waals surface area contributed by atoms with Crippen LogP contribution in [-0.2, 0) is 12.8 Å². The van der Waals surface area contributed by atoms with E-state index in [1.54, 1.807) is 7.11 Å². The van der Waals surface area contributed by atoms with Crippen molar-refractivity contribution in [3.05, 3.63) is 40.2 Å². The average Bonchev–Trinajstić information content (AvgIpc) is 2.65. The first-order chi connectivity index (χ1) is 8.60. The number of aryl methyl sites for hydroxylation is 3. The first-order valence-electron chi connectivity index (χ1n) is 5.73. The Morgan fingerprint density at radius 2 is 2.17 bits per heavy atom. The standard InChI is InChI=1S/C13H16ClN3O/c1-8-11(17-13(15)16-8)5-3-9-4-6-12(18-2)10(14)7-9/h4,6-7H,3,5H2,1-2H3,(H3,15,16,17). The molecule has 0 aliphatic rings. The van der Waals surface area contributed by atoms with Gasteiger partial charge in [0.15, 0.2) is 5.95 Å². The highest BCUT2D eigenvalue weighted by molar-refractivity contribution is 6.32. The zero-order chi connectivity index (χ0) is 13.1. The number of ether oxygens (including phenoxy) is 1. The van der Waals surface area contributed by atoms with Crippen LogP contribution in [0.3, 0.4) is 0 Å². The van der Waals surface area contributed by atoms with Crippen molar-refractivity contribution in [2.45, 2.75) is 19.8 Å². The number of nitrogens with one attached hydrogen (secondary N) is 1. The minimum Gasteiger partial charge on any atom is -0.495 e. The number of nitrogens with zero attached hydrogens (tertiary/aromatic N) is 1. The third kappa shape index (κ3) is 2.76. The van der Waals surface area contributed by atoms with E-state index in [4.69, 9.17) is 22.1 Å². The monoisotopic (exact) mass is 265 g/mol. The number of hydrogen-bond donors (Lipinski definition) is 2. The molecule has 1 aromatic carbocycles. The number of methoxy groups -OCH3 is 1. The summed E-state index contributed by atoms with van der Waals surface area (Å²) in [5, 5.41) is 0.633. The first kappa shape index (κ1) is 12.8. The Balaban J connectivity index is 2.06. The van der Waals surface area contributed by atoms with Crippen molar-refractivity contribution in [2.75, 3.05) is 12.8 Å². The van der Waals surface area contributed by atoms with E-state index in [0.717, 1.165) is 29.8 Å². The molecular weight excluding hydrogens is 250 g/mol. The fraction of sp³-hybridized carbons (Fsp3) is 0.308. The van der Waals surface area contributed by atoms with Crippen LogP contribution in [-0.4, -0.2) is 17.1 Å². The smallest absolute Gasteiger partial charge is 0.197 e. The van der Waals surface area contributed by atoms with Gasteiger partial charge in [0.1, 0.15) is 5.75 Å². The Morgan fingerprint density at radius 3 is 2.72 bits per heavy atom. The second kappa shape index (κ2) is 5.31. The lowest BCUT2D eigenvalue weighted by Gasteiger charge is -2.05. The van der Waals surface area contributed by atoms with Crippen molar-refractivity contribution in [2.24, 2.45) is 0 Å².